The molecule has 9 nitrogen and oxygen atoms in total. The van der Waals surface area contributed by atoms with Gasteiger partial charge >= 0.3 is 0 Å². The zero-order valence-electron chi connectivity index (χ0n) is 16.6. The summed E-state index contributed by atoms with van der Waals surface area (Å²) >= 11 is 0. The Kier molecular flexibility index (Phi) is 6.83. The lowest BCUT2D eigenvalue weighted by atomic mass is 10.3. The largest absolute Gasteiger partial charge is 0.485 e. The molecule has 0 bridgehead atoms. The smallest absolute Gasteiger partial charge is 0.256 e. The first-order chi connectivity index (χ1) is 13.6. The highest BCUT2D eigenvalue weighted by Gasteiger charge is 2.17. The molecular formula is C19H28N6O3. The molecule has 28 heavy (non-hydrogen) atoms. The Hall–Kier alpha value is -2.65. The van der Waals surface area contributed by atoms with E-state index >= 15 is 0 Å². The molecule has 3 heterocycles. The number of methoxy groups -OCH3 is 1. The van der Waals surface area contributed by atoms with Crippen LogP contribution in [-0.2, 0) is 0 Å². The molecule has 3 rings (SSSR count). The number of hydrogen-bond donors (Lipinski definition) is 3. The summed E-state index contributed by atoms with van der Waals surface area (Å²) in [5.41, 5.74) is 1.50. The molecule has 1 atom stereocenters. The number of likely N-dealkylation sites (tertiary alicyclic amines) is 1. The first-order valence-corrected chi connectivity index (χ1v) is 9.45. The average Bonchev–Trinajstić information content (AvgIpc) is 3.19. The van der Waals surface area contributed by atoms with Crippen molar-refractivity contribution in [2.45, 2.75) is 25.9 Å². The van der Waals surface area contributed by atoms with Gasteiger partial charge in [-0.15, -0.1) is 0 Å². The summed E-state index contributed by atoms with van der Waals surface area (Å²) in [6, 6.07) is 3.62. The summed E-state index contributed by atoms with van der Waals surface area (Å²) < 4.78 is 11.1. The van der Waals surface area contributed by atoms with Gasteiger partial charge in [-0.05, 0) is 32.9 Å². The molecule has 1 saturated heterocycles. The van der Waals surface area contributed by atoms with Crippen molar-refractivity contribution in [1.29, 1.82) is 0 Å². The zero-order chi connectivity index (χ0) is 19.9. The molecule has 2 aromatic rings. The molecule has 1 aliphatic heterocycles. The van der Waals surface area contributed by atoms with Gasteiger partial charge in [0.2, 0.25) is 5.95 Å². The number of ether oxygens (including phenoxy) is 2. The molecule has 1 fully saturated rings. The van der Waals surface area contributed by atoms with Gasteiger partial charge in [0.25, 0.3) is 5.88 Å². The van der Waals surface area contributed by atoms with Gasteiger partial charge in [0.1, 0.15) is 18.5 Å². The van der Waals surface area contributed by atoms with Crippen molar-refractivity contribution in [3.05, 3.63) is 24.0 Å². The topological polar surface area (TPSA) is 105 Å². The van der Waals surface area contributed by atoms with E-state index in [1.54, 1.807) is 19.3 Å². The van der Waals surface area contributed by atoms with E-state index in [2.05, 4.69) is 30.5 Å². The van der Waals surface area contributed by atoms with Crippen molar-refractivity contribution in [2.75, 3.05) is 51.0 Å². The SMILES string of the molecule is CNc1cc(C)nc(Nc2cnc(OC)c(OC[C@H](O)CN3CCCC3)c2)n1. The molecule has 0 unspecified atom stereocenters. The number of pyridine rings is 1. The number of aliphatic hydroxyl groups excluding tert-OH is 1. The summed E-state index contributed by atoms with van der Waals surface area (Å²) in [4.78, 5) is 15.3. The second-order valence-electron chi connectivity index (χ2n) is 6.80. The van der Waals surface area contributed by atoms with Crippen LogP contribution in [0.5, 0.6) is 11.6 Å². The van der Waals surface area contributed by atoms with Crippen LogP contribution in [0.15, 0.2) is 18.3 Å². The van der Waals surface area contributed by atoms with Crippen molar-refractivity contribution in [3.63, 3.8) is 0 Å². The Morgan fingerprint density at radius 2 is 2.04 bits per heavy atom. The molecule has 0 amide bonds. The van der Waals surface area contributed by atoms with Crippen molar-refractivity contribution < 1.29 is 14.6 Å². The van der Waals surface area contributed by atoms with Crippen LogP contribution in [0, 0.1) is 6.92 Å². The van der Waals surface area contributed by atoms with Crippen LogP contribution in [0.3, 0.4) is 0 Å². The number of nitrogens with one attached hydrogen (secondary N) is 2. The molecule has 0 aliphatic carbocycles. The minimum atomic E-state index is -0.572. The van der Waals surface area contributed by atoms with E-state index < -0.39 is 6.10 Å². The second-order valence-corrected chi connectivity index (χ2v) is 6.80. The molecule has 2 aromatic heterocycles. The fourth-order valence-corrected chi connectivity index (χ4v) is 3.14. The molecule has 3 N–H and O–H groups in total. The summed E-state index contributed by atoms with van der Waals surface area (Å²) in [5.74, 6) is 1.99. The van der Waals surface area contributed by atoms with Gasteiger partial charge in [0, 0.05) is 31.4 Å². The van der Waals surface area contributed by atoms with E-state index in [4.69, 9.17) is 9.47 Å². The van der Waals surface area contributed by atoms with Crippen molar-refractivity contribution in [1.82, 2.24) is 19.9 Å². The fourth-order valence-electron chi connectivity index (χ4n) is 3.14. The van der Waals surface area contributed by atoms with Crippen molar-refractivity contribution >= 4 is 17.5 Å². The first kappa shape index (κ1) is 20.1. The predicted octanol–water partition coefficient (Wildman–Crippen LogP) is 1.81. The highest BCUT2D eigenvalue weighted by Crippen LogP contribution is 2.28. The molecular weight excluding hydrogens is 360 g/mol. The number of aliphatic hydroxyl groups is 1. The third kappa shape index (κ3) is 5.43. The minimum Gasteiger partial charge on any atom is -0.485 e. The maximum Gasteiger partial charge on any atom is 0.256 e. The fraction of sp³-hybridized carbons (Fsp3) is 0.526. The number of rotatable bonds is 9. The quantitative estimate of drug-likeness (QED) is 0.593. The van der Waals surface area contributed by atoms with Crippen LogP contribution in [0.2, 0.25) is 0 Å². The van der Waals surface area contributed by atoms with Gasteiger partial charge in [-0.1, -0.05) is 0 Å². The molecule has 0 aromatic carbocycles. The van der Waals surface area contributed by atoms with Gasteiger partial charge in [0.15, 0.2) is 5.75 Å². The van der Waals surface area contributed by atoms with Crippen LogP contribution in [-0.4, -0.2) is 71.5 Å². The molecule has 0 spiro atoms. The van der Waals surface area contributed by atoms with E-state index in [9.17, 15) is 5.11 Å². The van der Waals surface area contributed by atoms with E-state index in [1.165, 1.54) is 20.0 Å². The summed E-state index contributed by atoms with van der Waals surface area (Å²) in [6.07, 6.45) is 3.43. The highest BCUT2D eigenvalue weighted by molar-refractivity contribution is 5.58. The summed E-state index contributed by atoms with van der Waals surface area (Å²) in [7, 11) is 3.34. The highest BCUT2D eigenvalue weighted by atomic mass is 16.5. The van der Waals surface area contributed by atoms with E-state index in [-0.39, 0.29) is 6.61 Å². The first-order valence-electron chi connectivity index (χ1n) is 9.45. The average molecular weight is 388 g/mol. The third-order valence-electron chi connectivity index (χ3n) is 4.48. The van der Waals surface area contributed by atoms with Gasteiger partial charge in [-0.2, -0.15) is 4.98 Å². The number of aryl methyl sites for hydroxylation is 1. The van der Waals surface area contributed by atoms with Crippen molar-refractivity contribution in [2.24, 2.45) is 0 Å². The van der Waals surface area contributed by atoms with Crippen LogP contribution >= 0.6 is 0 Å². The summed E-state index contributed by atoms with van der Waals surface area (Å²) in [6.45, 7) is 4.75. The number of aromatic nitrogens is 3. The monoisotopic (exact) mass is 388 g/mol. The number of nitrogens with zero attached hydrogens (tertiary/aromatic N) is 4. The molecule has 0 radical (unpaired) electrons. The standard InChI is InChI=1S/C19H28N6O3/c1-13-8-17(20-2)24-19(22-13)23-14-9-16(18(27-3)21-10-14)28-12-15(26)11-25-6-4-5-7-25/h8-10,15,26H,4-7,11-12H2,1-3H3,(H2,20,22,23,24)/t15-/m1/s1. The van der Waals surface area contributed by atoms with E-state index in [1.807, 2.05) is 13.0 Å². The maximum absolute atomic E-state index is 10.3. The Bertz CT molecular complexity index is 782. The van der Waals surface area contributed by atoms with E-state index in [0.717, 1.165) is 24.6 Å². The van der Waals surface area contributed by atoms with Gasteiger partial charge in [-0.3, -0.25) is 0 Å². The Morgan fingerprint density at radius 3 is 2.75 bits per heavy atom. The lowest BCUT2D eigenvalue weighted by Crippen LogP contribution is -2.33. The zero-order valence-corrected chi connectivity index (χ0v) is 16.6. The molecule has 9 heteroatoms. The van der Waals surface area contributed by atoms with Crippen LogP contribution < -0.4 is 20.1 Å². The summed E-state index contributed by atoms with van der Waals surface area (Å²) in [5, 5.41) is 16.4. The Labute approximate surface area is 165 Å². The lowest BCUT2D eigenvalue weighted by molar-refractivity contribution is 0.0744. The third-order valence-corrected chi connectivity index (χ3v) is 4.48. The predicted molar refractivity (Wildman–Crippen MR) is 108 cm³/mol. The Balaban J connectivity index is 1.66. The minimum absolute atomic E-state index is 0.169. The van der Waals surface area contributed by atoms with Crippen LogP contribution in [0.1, 0.15) is 18.5 Å². The molecule has 0 saturated carbocycles. The molecule has 1 aliphatic rings. The van der Waals surface area contributed by atoms with Gasteiger partial charge < -0.3 is 30.1 Å². The Morgan fingerprint density at radius 1 is 1.25 bits per heavy atom. The second kappa shape index (κ2) is 9.52. The van der Waals surface area contributed by atoms with Crippen LogP contribution in [0.25, 0.3) is 0 Å². The number of anilines is 3. The molecule has 152 valence electrons. The van der Waals surface area contributed by atoms with Gasteiger partial charge in [0.05, 0.1) is 19.0 Å². The van der Waals surface area contributed by atoms with Gasteiger partial charge in [-0.25, -0.2) is 9.97 Å². The van der Waals surface area contributed by atoms with E-state index in [0.29, 0.717) is 29.8 Å². The van der Waals surface area contributed by atoms with Crippen molar-refractivity contribution in [3.8, 4) is 11.6 Å². The van der Waals surface area contributed by atoms with Crippen LogP contribution in [0.4, 0.5) is 17.5 Å². The number of β-amino-alcohol motifs (C(OH)–C–C–N with tert-alkyl or cyclic N) is 1. The maximum atomic E-state index is 10.3. The number of hydrogen-bond acceptors (Lipinski definition) is 9. The normalized spacial score (nSPS) is 15.3. The lowest BCUT2D eigenvalue weighted by Gasteiger charge is -2.20.